The normalized spacial score (nSPS) is 56.0. The molecular weight excluding hydrogens is 454 g/mol. The maximum atomic E-state index is 11.1. The van der Waals surface area contributed by atoms with E-state index < -0.39 is 105 Å². The summed E-state index contributed by atoms with van der Waals surface area (Å²) in [5.74, 6) is 0. The fourth-order valence-corrected chi connectivity index (χ4v) is 4.41. The minimum absolute atomic E-state index is 0.752. The zero-order valence-corrected chi connectivity index (χ0v) is 17.7. The van der Waals surface area contributed by atoms with Gasteiger partial charge in [0.25, 0.3) is 0 Å². The van der Waals surface area contributed by atoms with E-state index >= 15 is 0 Å². The van der Waals surface area contributed by atoms with Gasteiger partial charge in [-0.05, 0) is 6.92 Å². The Morgan fingerprint density at radius 1 is 0.727 bits per heavy atom. The van der Waals surface area contributed by atoms with Crippen molar-refractivity contribution in [1.29, 1.82) is 0 Å². The van der Waals surface area contributed by atoms with Gasteiger partial charge in [0.15, 0.2) is 12.6 Å². The molecule has 12 N–H and O–H groups in total. The fraction of sp³-hybridized carbons (Fsp3) is 1.00. The molecule has 0 bridgehead atoms. The molecule has 15 nitrogen and oxygen atoms in total. The van der Waals surface area contributed by atoms with Gasteiger partial charge in [0.05, 0.1) is 19.3 Å². The maximum absolute atomic E-state index is 11.1. The van der Waals surface area contributed by atoms with E-state index in [-0.39, 0.29) is 0 Å². The molecule has 15 atom stereocenters. The average molecular weight is 487 g/mol. The number of hydrogen-bond donors (Lipinski definition) is 11. The number of aliphatic hydroxyl groups excluding tert-OH is 10. The summed E-state index contributed by atoms with van der Waals surface area (Å²) in [6, 6.07) is 0. The lowest BCUT2D eigenvalue weighted by Gasteiger charge is -2.55. The molecule has 3 rings (SSSR count). The van der Waals surface area contributed by atoms with Crippen molar-refractivity contribution in [2.24, 2.45) is 5.73 Å². The van der Waals surface area contributed by atoms with Crippen molar-refractivity contribution < 1.29 is 70.0 Å². The van der Waals surface area contributed by atoms with Crippen LogP contribution in [0.15, 0.2) is 0 Å². The summed E-state index contributed by atoms with van der Waals surface area (Å²) in [5, 5.41) is 101. The van der Waals surface area contributed by atoms with Crippen LogP contribution in [0, 0.1) is 0 Å². The van der Waals surface area contributed by atoms with Crippen molar-refractivity contribution in [2.45, 2.75) is 98.3 Å². The zero-order chi connectivity index (χ0) is 24.8. The second-order valence-electron chi connectivity index (χ2n) is 8.69. The van der Waals surface area contributed by atoms with Gasteiger partial charge in [0.2, 0.25) is 0 Å². The fourth-order valence-electron chi connectivity index (χ4n) is 4.41. The molecule has 0 saturated carbocycles. The highest BCUT2D eigenvalue weighted by atomic mass is 16.7. The average Bonchev–Trinajstić information content (AvgIpc) is 2.80. The molecule has 0 aliphatic carbocycles. The number of nitrogens with two attached hydrogens (primary N) is 1. The van der Waals surface area contributed by atoms with Gasteiger partial charge in [-0.2, -0.15) is 0 Å². The molecule has 3 aliphatic heterocycles. The molecule has 0 radical (unpaired) electrons. The van der Waals surface area contributed by atoms with Gasteiger partial charge < -0.3 is 75.7 Å². The van der Waals surface area contributed by atoms with Crippen molar-refractivity contribution in [1.82, 2.24) is 0 Å². The quantitative estimate of drug-likeness (QED) is 0.172. The number of rotatable bonds is 5. The standard InChI is InChI=1S/C18H33NO14/c1-4-7(22)9(24)11(26)15(30-4)18(19)14(28)13(6(3-21)32-17(18)29)33-16-12(27)10(25)8(23)5(2-20)31-16/h4-17,20-29H,2-3,19H2,1H3/t4-,5+,6+,7+,8-,9+,10-,11-,12+,13+,14-,15?,16-,17?,18-/m0/s1. The topological polar surface area (TPSA) is 265 Å². The van der Waals surface area contributed by atoms with Crippen LogP contribution in [0.25, 0.3) is 0 Å². The Kier molecular flexibility index (Phi) is 8.32. The first-order chi connectivity index (χ1) is 15.4. The van der Waals surface area contributed by atoms with E-state index in [1.165, 1.54) is 6.92 Å². The molecule has 3 aliphatic rings. The molecule has 0 aromatic heterocycles. The molecule has 194 valence electrons. The minimum atomic E-state index is -2.39. The Hall–Kier alpha value is -0.600. The Morgan fingerprint density at radius 2 is 1.30 bits per heavy atom. The smallest absolute Gasteiger partial charge is 0.187 e. The van der Waals surface area contributed by atoms with E-state index in [2.05, 4.69) is 0 Å². The summed E-state index contributed by atoms with van der Waals surface area (Å²) in [5.41, 5.74) is 3.84. The third kappa shape index (κ3) is 4.53. The van der Waals surface area contributed by atoms with Crippen LogP contribution in [0.2, 0.25) is 0 Å². The summed E-state index contributed by atoms with van der Waals surface area (Å²) in [4.78, 5) is 0. The van der Waals surface area contributed by atoms with Gasteiger partial charge in [-0.15, -0.1) is 0 Å². The Morgan fingerprint density at radius 3 is 1.88 bits per heavy atom. The molecule has 0 amide bonds. The zero-order valence-electron chi connectivity index (χ0n) is 17.7. The van der Waals surface area contributed by atoms with E-state index in [4.69, 9.17) is 24.7 Å². The van der Waals surface area contributed by atoms with Crippen molar-refractivity contribution in [3.8, 4) is 0 Å². The first-order valence-corrected chi connectivity index (χ1v) is 10.5. The van der Waals surface area contributed by atoms with Crippen molar-refractivity contribution >= 4 is 0 Å². The molecule has 0 spiro atoms. The Bertz CT molecular complexity index is 658. The molecular formula is C18H33NO14. The predicted molar refractivity (Wildman–Crippen MR) is 102 cm³/mol. The second kappa shape index (κ2) is 10.2. The summed E-state index contributed by atoms with van der Waals surface area (Å²) in [7, 11) is 0. The minimum Gasteiger partial charge on any atom is -0.394 e. The molecule has 15 heteroatoms. The summed E-state index contributed by atoms with van der Waals surface area (Å²) >= 11 is 0. The maximum Gasteiger partial charge on any atom is 0.187 e. The van der Waals surface area contributed by atoms with Gasteiger partial charge in [-0.1, -0.05) is 0 Å². The van der Waals surface area contributed by atoms with Crippen molar-refractivity contribution in [2.75, 3.05) is 13.2 Å². The molecule has 0 aromatic rings. The van der Waals surface area contributed by atoms with Crippen LogP contribution < -0.4 is 5.73 Å². The van der Waals surface area contributed by atoms with Gasteiger partial charge in [0.1, 0.15) is 72.7 Å². The first-order valence-electron chi connectivity index (χ1n) is 10.5. The van der Waals surface area contributed by atoms with Gasteiger partial charge in [-0.25, -0.2) is 0 Å². The third-order valence-electron chi connectivity index (χ3n) is 6.59. The van der Waals surface area contributed by atoms with Crippen LogP contribution in [-0.4, -0.2) is 156 Å². The van der Waals surface area contributed by atoms with Crippen LogP contribution in [0.1, 0.15) is 6.92 Å². The molecule has 33 heavy (non-hydrogen) atoms. The van der Waals surface area contributed by atoms with E-state index in [1.807, 2.05) is 0 Å². The summed E-state index contributed by atoms with van der Waals surface area (Å²) in [6.45, 7) is -0.215. The van der Waals surface area contributed by atoms with E-state index in [9.17, 15) is 51.1 Å². The van der Waals surface area contributed by atoms with Crippen LogP contribution in [0.3, 0.4) is 0 Å². The summed E-state index contributed by atoms with van der Waals surface area (Å²) in [6.07, 6.45) is -23.5. The van der Waals surface area contributed by atoms with Gasteiger partial charge >= 0.3 is 0 Å². The largest absolute Gasteiger partial charge is 0.394 e. The van der Waals surface area contributed by atoms with E-state index in [0.29, 0.717) is 0 Å². The highest BCUT2D eigenvalue weighted by Crippen LogP contribution is 2.38. The first kappa shape index (κ1) is 27.0. The van der Waals surface area contributed by atoms with Crippen LogP contribution >= 0.6 is 0 Å². The molecule has 3 saturated heterocycles. The summed E-state index contributed by atoms with van der Waals surface area (Å²) < 4.78 is 21.5. The molecule has 2 unspecified atom stereocenters. The van der Waals surface area contributed by atoms with Crippen molar-refractivity contribution in [3.63, 3.8) is 0 Å². The SMILES string of the molecule is C[C@@H]1OC([C@]2(N)C(O)O[C@H](CO)[C@@H](O[C@@H]3O[C@H](CO)[C@H](O)[C@H](O)[C@H]3O)[C@@H]2O)[C@@H](O)[C@H](O)[C@@H]1O. The molecule has 0 aromatic carbocycles. The highest BCUT2D eigenvalue weighted by Gasteiger charge is 2.63. The lowest BCUT2D eigenvalue weighted by Crippen LogP contribution is -2.80. The van der Waals surface area contributed by atoms with Crippen molar-refractivity contribution in [3.05, 3.63) is 0 Å². The molecule has 3 fully saturated rings. The van der Waals surface area contributed by atoms with Gasteiger partial charge in [0, 0.05) is 0 Å². The van der Waals surface area contributed by atoms with Gasteiger partial charge in [-0.3, -0.25) is 0 Å². The number of hydrogen-bond acceptors (Lipinski definition) is 15. The second-order valence-corrected chi connectivity index (χ2v) is 8.69. The predicted octanol–water partition coefficient (Wildman–Crippen LogP) is -7.19. The highest BCUT2D eigenvalue weighted by molar-refractivity contribution is 5.13. The lowest BCUT2D eigenvalue weighted by atomic mass is 9.75. The number of aliphatic hydroxyl groups is 10. The van der Waals surface area contributed by atoms with E-state index in [1.54, 1.807) is 0 Å². The lowest BCUT2D eigenvalue weighted by molar-refractivity contribution is -0.367. The van der Waals surface area contributed by atoms with Crippen LogP contribution in [0.5, 0.6) is 0 Å². The van der Waals surface area contributed by atoms with Crippen LogP contribution in [-0.2, 0) is 18.9 Å². The monoisotopic (exact) mass is 487 g/mol. The Labute approximate surface area is 188 Å². The number of ether oxygens (including phenoxy) is 4. The third-order valence-corrected chi connectivity index (χ3v) is 6.59. The Balaban J connectivity index is 1.89. The molecule has 3 heterocycles. The van der Waals surface area contributed by atoms with E-state index in [0.717, 1.165) is 0 Å². The van der Waals surface area contributed by atoms with Crippen LogP contribution in [0.4, 0.5) is 0 Å².